The summed E-state index contributed by atoms with van der Waals surface area (Å²) in [5, 5.41) is 7.26. The van der Waals surface area contributed by atoms with Crippen LogP contribution in [0.15, 0.2) is 66.7 Å². The third kappa shape index (κ3) is 4.53. The molecule has 0 aliphatic rings. The summed E-state index contributed by atoms with van der Waals surface area (Å²) in [5.74, 6) is -0.572. The number of ether oxygens (including phenoxy) is 2. The summed E-state index contributed by atoms with van der Waals surface area (Å²) in [7, 11) is 0. The fraction of sp³-hybridized carbons (Fsp3) is 0.259. The summed E-state index contributed by atoms with van der Waals surface area (Å²) in [6.45, 7) is 5.79. The van der Waals surface area contributed by atoms with Crippen molar-refractivity contribution in [3.05, 3.63) is 72.3 Å². The topological polar surface area (TPSA) is 52.6 Å². The molecule has 4 nitrogen and oxygen atoms in total. The van der Waals surface area contributed by atoms with Crippen molar-refractivity contribution < 1.29 is 19.1 Å². The van der Waals surface area contributed by atoms with Gasteiger partial charge in [-0.05, 0) is 64.1 Å². The minimum Gasteiger partial charge on any atom is -0.462 e. The first-order valence-corrected chi connectivity index (χ1v) is 10.7. The standard InChI is InChI=1S/C27H26O4/c1-18(2)27(29)30-16-5-3-4-9-24(28)31-17-22-13-12-21-11-10-19-7-6-8-20-14-15-23(22)26(21)25(19)20/h6-8,10-15H,1,3-5,9,16-17H2,2H3. The van der Waals surface area contributed by atoms with Crippen LogP contribution in [0.1, 0.15) is 38.2 Å². The van der Waals surface area contributed by atoms with E-state index in [0.717, 1.165) is 23.8 Å². The van der Waals surface area contributed by atoms with Crippen molar-refractivity contribution in [1.82, 2.24) is 0 Å². The fourth-order valence-corrected chi connectivity index (χ4v) is 3.99. The number of hydrogen-bond acceptors (Lipinski definition) is 4. The smallest absolute Gasteiger partial charge is 0.333 e. The zero-order chi connectivity index (χ0) is 21.8. The van der Waals surface area contributed by atoms with Gasteiger partial charge in [0.1, 0.15) is 6.61 Å². The Balaban J connectivity index is 1.34. The van der Waals surface area contributed by atoms with Crippen LogP contribution in [0.4, 0.5) is 0 Å². The summed E-state index contributed by atoms with van der Waals surface area (Å²) in [4.78, 5) is 23.5. The van der Waals surface area contributed by atoms with Crippen LogP contribution in [0, 0.1) is 0 Å². The molecule has 4 aromatic rings. The third-order valence-electron chi connectivity index (χ3n) is 5.61. The number of esters is 2. The van der Waals surface area contributed by atoms with Gasteiger partial charge in [0.2, 0.25) is 0 Å². The number of hydrogen-bond donors (Lipinski definition) is 0. The molecule has 0 amide bonds. The number of carbonyl (C=O) groups is 2. The van der Waals surface area contributed by atoms with Gasteiger partial charge in [0.15, 0.2) is 0 Å². The normalized spacial score (nSPS) is 11.3. The van der Waals surface area contributed by atoms with E-state index in [9.17, 15) is 9.59 Å². The van der Waals surface area contributed by atoms with Crippen LogP contribution in [0.5, 0.6) is 0 Å². The van der Waals surface area contributed by atoms with E-state index < -0.39 is 0 Å². The molecule has 0 atom stereocenters. The highest BCUT2D eigenvalue weighted by molar-refractivity contribution is 6.23. The molecule has 0 bridgehead atoms. The Kier molecular flexibility index (Phi) is 6.17. The predicted octanol–water partition coefficient (Wildman–Crippen LogP) is 6.31. The van der Waals surface area contributed by atoms with Gasteiger partial charge in [0.05, 0.1) is 6.61 Å². The molecule has 0 N–H and O–H groups in total. The second-order valence-corrected chi connectivity index (χ2v) is 7.97. The molecule has 0 heterocycles. The maximum atomic E-state index is 12.2. The van der Waals surface area contributed by atoms with E-state index in [2.05, 4.69) is 55.1 Å². The molecule has 0 fully saturated rings. The molecular formula is C27H26O4. The molecule has 4 aromatic carbocycles. The lowest BCUT2D eigenvalue weighted by molar-refractivity contribution is -0.145. The molecule has 0 radical (unpaired) electrons. The highest BCUT2D eigenvalue weighted by Crippen LogP contribution is 2.36. The maximum absolute atomic E-state index is 12.2. The molecule has 0 aromatic heterocycles. The molecule has 31 heavy (non-hydrogen) atoms. The highest BCUT2D eigenvalue weighted by Gasteiger charge is 2.12. The summed E-state index contributed by atoms with van der Waals surface area (Å²) < 4.78 is 10.6. The van der Waals surface area contributed by atoms with Crippen LogP contribution in [-0.4, -0.2) is 18.5 Å². The van der Waals surface area contributed by atoms with Crippen LogP contribution >= 0.6 is 0 Å². The van der Waals surface area contributed by atoms with Crippen LogP contribution in [-0.2, 0) is 25.7 Å². The van der Waals surface area contributed by atoms with Gasteiger partial charge in [-0.1, -0.05) is 61.2 Å². The SMILES string of the molecule is C=C(C)C(=O)OCCCCCC(=O)OCc1ccc2ccc3cccc4ccc1c2c34. The Morgan fingerprint density at radius 1 is 0.806 bits per heavy atom. The summed E-state index contributed by atoms with van der Waals surface area (Å²) in [5.41, 5.74) is 1.42. The molecular weight excluding hydrogens is 388 g/mol. The third-order valence-corrected chi connectivity index (χ3v) is 5.61. The molecule has 0 saturated heterocycles. The lowest BCUT2D eigenvalue weighted by atomic mass is 9.92. The quantitative estimate of drug-likeness (QED) is 0.139. The Bertz CT molecular complexity index is 1240. The average molecular weight is 415 g/mol. The maximum Gasteiger partial charge on any atom is 0.333 e. The van der Waals surface area contributed by atoms with Gasteiger partial charge in [-0.3, -0.25) is 4.79 Å². The number of unbranched alkanes of at least 4 members (excludes halogenated alkanes) is 2. The Morgan fingerprint density at radius 2 is 1.48 bits per heavy atom. The second-order valence-electron chi connectivity index (χ2n) is 7.97. The van der Waals surface area contributed by atoms with E-state index in [1.54, 1.807) is 6.92 Å². The Hall–Kier alpha value is -3.40. The lowest BCUT2D eigenvalue weighted by Crippen LogP contribution is -2.07. The van der Waals surface area contributed by atoms with Crippen LogP contribution in [0.25, 0.3) is 32.3 Å². The molecule has 0 aliphatic carbocycles. The number of benzene rings is 4. The predicted molar refractivity (Wildman–Crippen MR) is 124 cm³/mol. The van der Waals surface area contributed by atoms with E-state index in [-0.39, 0.29) is 18.5 Å². The van der Waals surface area contributed by atoms with Crippen molar-refractivity contribution in [1.29, 1.82) is 0 Å². The minimum absolute atomic E-state index is 0.204. The monoisotopic (exact) mass is 414 g/mol. The molecule has 0 aliphatic heterocycles. The zero-order valence-electron chi connectivity index (χ0n) is 17.8. The van der Waals surface area contributed by atoms with E-state index >= 15 is 0 Å². The van der Waals surface area contributed by atoms with Gasteiger partial charge in [-0.25, -0.2) is 4.79 Å². The highest BCUT2D eigenvalue weighted by atomic mass is 16.5. The van der Waals surface area contributed by atoms with Gasteiger partial charge < -0.3 is 9.47 Å². The first kappa shape index (κ1) is 20.9. The van der Waals surface area contributed by atoms with Crippen molar-refractivity contribution >= 4 is 44.3 Å². The Labute approximate surface area is 181 Å². The summed E-state index contributed by atoms with van der Waals surface area (Å²) in [6, 6.07) is 19.1. The van der Waals surface area contributed by atoms with E-state index in [0.29, 0.717) is 25.0 Å². The number of rotatable bonds is 9. The van der Waals surface area contributed by atoms with Crippen LogP contribution in [0.2, 0.25) is 0 Å². The first-order chi connectivity index (χ1) is 15.0. The molecule has 0 spiro atoms. The minimum atomic E-state index is -0.368. The van der Waals surface area contributed by atoms with Crippen molar-refractivity contribution in [2.45, 2.75) is 39.2 Å². The fourth-order valence-electron chi connectivity index (χ4n) is 3.99. The average Bonchev–Trinajstić information content (AvgIpc) is 2.78. The van der Waals surface area contributed by atoms with Gasteiger partial charge in [-0.15, -0.1) is 0 Å². The van der Waals surface area contributed by atoms with E-state index in [1.807, 2.05) is 6.07 Å². The first-order valence-electron chi connectivity index (χ1n) is 10.7. The molecule has 0 unspecified atom stereocenters. The molecule has 4 rings (SSSR count). The van der Waals surface area contributed by atoms with Crippen molar-refractivity contribution in [3.63, 3.8) is 0 Å². The largest absolute Gasteiger partial charge is 0.462 e. The lowest BCUT2D eigenvalue weighted by Gasteiger charge is -2.14. The van der Waals surface area contributed by atoms with Crippen molar-refractivity contribution in [3.8, 4) is 0 Å². The van der Waals surface area contributed by atoms with E-state index in [4.69, 9.17) is 9.47 Å². The van der Waals surface area contributed by atoms with E-state index in [1.165, 1.54) is 26.9 Å². The van der Waals surface area contributed by atoms with Crippen LogP contribution in [0.3, 0.4) is 0 Å². The summed E-state index contributed by atoms with van der Waals surface area (Å²) >= 11 is 0. The van der Waals surface area contributed by atoms with Crippen molar-refractivity contribution in [2.75, 3.05) is 6.61 Å². The van der Waals surface area contributed by atoms with Gasteiger partial charge in [0, 0.05) is 12.0 Å². The molecule has 158 valence electrons. The second kappa shape index (κ2) is 9.17. The number of carbonyl (C=O) groups excluding carboxylic acids is 2. The van der Waals surface area contributed by atoms with Gasteiger partial charge in [0.25, 0.3) is 0 Å². The zero-order valence-corrected chi connectivity index (χ0v) is 17.8. The van der Waals surface area contributed by atoms with Gasteiger partial charge in [-0.2, -0.15) is 0 Å². The molecule has 0 saturated carbocycles. The van der Waals surface area contributed by atoms with Gasteiger partial charge >= 0.3 is 11.9 Å². The summed E-state index contributed by atoms with van der Waals surface area (Å²) in [6.07, 6.45) is 2.60. The molecule has 4 heteroatoms. The Morgan fingerprint density at radius 3 is 2.23 bits per heavy atom. The van der Waals surface area contributed by atoms with Crippen LogP contribution < -0.4 is 0 Å². The van der Waals surface area contributed by atoms with Crippen molar-refractivity contribution in [2.24, 2.45) is 0 Å².